The highest BCUT2D eigenvalue weighted by atomic mass is 19.4. The molecule has 1 saturated heterocycles. The number of benzene rings is 1. The summed E-state index contributed by atoms with van der Waals surface area (Å²) in [6, 6.07) is 8.46. The molecule has 1 N–H and O–H groups in total. The van der Waals surface area contributed by atoms with Crippen molar-refractivity contribution in [3.05, 3.63) is 47.7 Å². The van der Waals surface area contributed by atoms with Gasteiger partial charge in [-0.05, 0) is 31.4 Å². The smallest absolute Gasteiger partial charge is 0.388 e. The normalized spacial score (nSPS) is 20.0. The van der Waals surface area contributed by atoms with E-state index in [1.807, 2.05) is 6.07 Å². The fourth-order valence-electron chi connectivity index (χ4n) is 2.11. The number of allylic oxidation sites excluding steroid dienone is 2. The van der Waals surface area contributed by atoms with E-state index in [0.29, 0.717) is 12.1 Å². The maximum Gasteiger partial charge on any atom is 0.432 e. The quantitative estimate of drug-likeness (QED) is 0.832. The van der Waals surface area contributed by atoms with E-state index in [-0.39, 0.29) is 0 Å². The van der Waals surface area contributed by atoms with Crippen molar-refractivity contribution in [2.45, 2.75) is 32.0 Å². The number of rotatable bonds is 3. The molecule has 0 unspecified atom stereocenters. The number of hydrogen-bond acceptors (Lipinski definition) is 2. The summed E-state index contributed by atoms with van der Waals surface area (Å²) < 4.78 is 39.1. The summed E-state index contributed by atoms with van der Waals surface area (Å²) in [5.74, 6) is 0. The van der Waals surface area contributed by atoms with Gasteiger partial charge in [0.1, 0.15) is 5.71 Å². The Hall–Kier alpha value is -1.78. The van der Waals surface area contributed by atoms with Gasteiger partial charge in [0.15, 0.2) is 0 Å². The Morgan fingerprint density at radius 3 is 2.55 bits per heavy atom. The van der Waals surface area contributed by atoms with Crippen molar-refractivity contribution in [2.75, 3.05) is 6.54 Å². The summed E-state index contributed by atoms with van der Waals surface area (Å²) in [6.07, 6.45) is -1.78. The highest BCUT2D eigenvalue weighted by Crippen LogP contribution is 2.25. The van der Waals surface area contributed by atoms with E-state index >= 15 is 0 Å². The molecule has 108 valence electrons. The van der Waals surface area contributed by atoms with Crippen LogP contribution in [-0.4, -0.2) is 18.4 Å². The number of aliphatic imine (C=N–C) groups is 1. The lowest BCUT2D eigenvalue weighted by atomic mass is 10.1. The first-order valence-corrected chi connectivity index (χ1v) is 6.61. The standard InChI is InChI=1S/C15H17F3N2/c1-11(12-6-3-2-4-7-12)20-14(15(16,17)18)10-13-8-5-9-19-13/h2-4,6-7,10-11,19H,5,8-9H2,1H3/b13-10-,20-14?/t11-/m1/s1. The molecule has 0 amide bonds. The molecule has 1 aromatic carbocycles. The van der Waals surface area contributed by atoms with Crippen LogP contribution in [-0.2, 0) is 0 Å². The molecular formula is C15H17F3N2. The molecule has 0 bridgehead atoms. The molecule has 1 heterocycles. The number of nitrogens with one attached hydrogen (secondary N) is 1. The molecule has 2 nitrogen and oxygen atoms in total. The minimum absolute atomic E-state index is 0.522. The molecule has 20 heavy (non-hydrogen) atoms. The van der Waals surface area contributed by atoms with Gasteiger partial charge in [0, 0.05) is 12.2 Å². The zero-order chi connectivity index (χ0) is 14.6. The van der Waals surface area contributed by atoms with Crippen LogP contribution in [0.1, 0.15) is 31.4 Å². The van der Waals surface area contributed by atoms with Crippen LogP contribution in [0.3, 0.4) is 0 Å². The molecule has 0 radical (unpaired) electrons. The zero-order valence-corrected chi connectivity index (χ0v) is 11.2. The minimum atomic E-state index is -4.43. The van der Waals surface area contributed by atoms with Gasteiger partial charge in [-0.1, -0.05) is 30.3 Å². The van der Waals surface area contributed by atoms with E-state index in [1.54, 1.807) is 31.2 Å². The van der Waals surface area contributed by atoms with E-state index in [9.17, 15) is 13.2 Å². The summed E-state index contributed by atoms with van der Waals surface area (Å²) in [5, 5.41) is 2.95. The van der Waals surface area contributed by atoms with Crippen molar-refractivity contribution in [1.82, 2.24) is 5.32 Å². The van der Waals surface area contributed by atoms with Crippen molar-refractivity contribution >= 4 is 5.71 Å². The lowest BCUT2D eigenvalue weighted by Crippen LogP contribution is -2.23. The summed E-state index contributed by atoms with van der Waals surface area (Å²) in [5.41, 5.74) is 0.562. The van der Waals surface area contributed by atoms with Gasteiger partial charge in [-0.2, -0.15) is 13.2 Å². The monoisotopic (exact) mass is 282 g/mol. The van der Waals surface area contributed by atoms with E-state index in [4.69, 9.17) is 0 Å². The highest BCUT2D eigenvalue weighted by molar-refractivity contribution is 6.00. The fraction of sp³-hybridized carbons (Fsp3) is 0.400. The molecule has 1 aromatic rings. The van der Waals surface area contributed by atoms with Crippen molar-refractivity contribution in [3.63, 3.8) is 0 Å². The summed E-state index contributed by atoms with van der Waals surface area (Å²) in [6.45, 7) is 2.40. The third-order valence-electron chi connectivity index (χ3n) is 3.19. The summed E-state index contributed by atoms with van der Waals surface area (Å²) in [4.78, 5) is 3.86. The number of hydrogen-bond donors (Lipinski definition) is 1. The average molecular weight is 282 g/mol. The van der Waals surface area contributed by atoms with Crippen LogP contribution in [0, 0.1) is 0 Å². The summed E-state index contributed by atoms with van der Waals surface area (Å²) >= 11 is 0. The highest BCUT2D eigenvalue weighted by Gasteiger charge is 2.35. The van der Waals surface area contributed by atoms with Crippen LogP contribution in [0.5, 0.6) is 0 Å². The maximum absolute atomic E-state index is 13.0. The van der Waals surface area contributed by atoms with E-state index in [1.165, 1.54) is 0 Å². The van der Waals surface area contributed by atoms with Crippen LogP contribution in [0.4, 0.5) is 13.2 Å². The van der Waals surface area contributed by atoms with E-state index < -0.39 is 17.9 Å². The van der Waals surface area contributed by atoms with Gasteiger partial charge in [0.25, 0.3) is 0 Å². The number of nitrogens with zero attached hydrogens (tertiary/aromatic N) is 1. The second kappa shape index (κ2) is 6.11. The topological polar surface area (TPSA) is 24.4 Å². The SMILES string of the molecule is C[C@@H](N=C(/C=C1/CCCN1)C(F)(F)F)c1ccccc1. The van der Waals surface area contributed by atoms with Crippen molar-refractivity contribution in [3.8, 4) is 0 Å². The molecule has 5 heteroatoms. The fourth-order valence-corrected chi connectivity index (χ4v) is 2.11. The first-order chi connectivity index (χ1) is 9.47. The predicted molar refractivity (Wildman–Crippen MR) is 73.7 cm³/mol. The van der Waals surface area contributed by atoms with E-state index in [2.05, 4.69) is 10.3 Å². The van der Waals surface area contributed by atoms with Gasteiger partial charge < -0.3 is 5.32 Å². The Kier molecular flexibility index (Phi) is 4.47. The van der Waals surface area contributed by atoms with Crippen molar-refractivity contribution in [1.29, 1.82) is 0 Å². The van der Waals surface area contributed by atoms with E-state index in [0.717, 1.165) is 24.6 Å². The molecule has 0 aliphatic carbocycles. The van der Waals surface area contributed by atoms with Crippen LogP contribution >= 0.6 is 0 Å². The Morgan fingerprint density at radius 2 is 2.00 bits per heavy atom. The second-order valence-electron chi connectivity index (χ2n) is 4.80. The van der Waals surface area contributed by atoms with Gasteiger partial charge in [-0.25, -0.2) is 0 Å². The van der Waals surface area contributed by atoms with Crippen LogP contribution in [0.25, 0.3) is 0 Å². The molecule has 2 rings (SSSR count). The lowest BCUT2D eigenvalue weighted by Gasteiger charge is -2.12. The van der Waals surface area contributed by atoms with Gasteiger partial charge >= 0.3 is 6.18 Å². The zero-order valence-electron chi connectivity index (χ0n) is 11.2. The predicted octanol–water partition coefficient (Wildman–Crippen LogP) is 4.02. The Labute approximate surface area is 116 Å². The first-order valence-electron chi connectivity index (χ1n) is 6.61. The number of halogens is 3. The molecule has 1 atom stereocenters. The van der Waals surface area contributed by atoms with Gasteiger partial charge in [-0.15, -0.1) is 0 Å². The lowest BCUT2D eigenvalue weighted by molar-refractivity contribution is -0.0581. The van der Waals surface area contributed by atoms with Crippen LogP contribution in [0.2, 0.25) is 0 Å². The Morgan fingerprint density at radius 1 is 1.30 bits per heavy atom. The molecule has 1 fully saturated rings. The minimum Gasteiger partial charge on any atom is -0.388 e. The summed E-state index contributed by atoms with van der Waals surface area (Å²) in [7, 11) is 0. The third-order valence-corrected chi connectivity index (χ3v) is 3.19. The molecule has 0 saturated carbocycles. The van der Waals surface area contributed by atoms with Gasteiger partial charge in [0.2, 0.25) is 0 Å². The van der Waals surface area contributed by atoms with Gasteiger partial charge in [0.05, 0.1) is 6.04 Å². The molecule has 1 aliphatic rings. The first kappa shape index (κ1) is 14.6. The maximum atomic E-state index is 13.0. The Balaban J connectivity index is 2.26. The van der Waals surface area contributed by atoms with Gasteiger partial charge in [-0.3, -0.25) is 4.99 Å². The second-order valence-corrected chi connectivity index (χ2v) is 4.80. The molecule has 0 spiro atoms. The van der Waals surface area contributed by atoms with Crippen molar-refractivity contribution in [2.24, 2.45) is 4.99 Å². The molecule has 1 aliphatic heterocycles. The Bertz CT molecular complexity index is 496. The average Bonchev–Trinajstić information content (AvgIpc) is 2.91. The third kappa shape index (κ3) is 3.85. The molecule has 0 aromatic heterocycles. The molecular weight excluding hydrogens is 265 g/mol. The van der Waals surface area contributed by atoms with Crippen LogP contribution < -0.4 is 5.32 Å². The van der Waals surface area contributed by atoms with Crippen LogP contribution in [0.15, 0.2) is 47.1 Å². The number of alkyl halides is 3. The largest absolute Gasteiger partial charge is 0.432 e. The van der Waals surface area contributed by atoms with Crippen molar-refractivity contribution < 1.29 is 13.2 Å².